The molecule has 0 bridgehead atoms. The number of rotatable bonds is 3. The van der Waals surface area contributed by atoms with Crippen molar-refractivity contribution >= 4 is 0 Å². The van der Waals surface area contributed by atoms with E-state index in [0.717, 1.165) is 0 Å². The standard InChI is InChI=1S/C6H8N4O/c1-2-3-7-4-5-8-6(11)10-9-5/h1,7H,3-4H2,(H2,8,9,10,11). The first-order chi connectivity index (χ1) is 5.33. The molecular formula is C6H8N4O. The highest BCUT2D eigenvalue weighted by atomic mass is 16.1. The molecule has 0 aliphatic heterocycles. The lowest BCUT2D eigenvalue weighted by Crippen LogP contribution is -2.14. The third-order valence-corrected chi connectivity index (χ3v) is 1.07. The number of nitrogens with one attached hydrogen (secondary N) is 3. The Labute approximate surface area is 63.2 Å². The third kappa shape index (κ3) is 2.27. The van der Waals surface area contributed by atoms with E-state index in [-0.39, 0.29) is 5.69 Å². The van der Waals surface area contributed by atoms with Crippen LogP contribution in [0.25, 0.3) is 0 Å². The van der Waals surface area contributed by atoms with Crippen LogP contribution in [0.3, 0.4) is 0 Å². The molecule has 58 valence electrons. The first-order valence-corrected chi connectivity index (χ1v) is 3.10. The van der Waals surface area contributed by atoms with Crippen molar-refractivity contribution in [2.24, 2.45) is 0 Å². The van der Waals surface area contributed by atoms with Crippen molar-refractivity contribution in [1.29, 1.82) is 0 Å². The molecule has 0 fully saturated rings. The SMILES string of the molecule is C#CCNCc1n[nH]c(=O)[nH]1. The maximum atomic E-state index is 10.5. The summed E-state index contributed by atoms with van der Waals surface area (Å²) >= 11 is 0. The van der Waals surface area contributed by atoms with Crippen LogP contribution >= 0.6 is 0 Å². The van der Waals surface area contributed by atoms with Gasteiger partial charge in [0, 0.05) is 0 Å². The molecule has 3 N–H and O–H groups in total. The Morgan fingerprint density at radius 2 is 2.55 bits per heavy atom. The van der Waals surface area contributed by atoms with Crippen LogP contribution in [0, 0.1) is 12.3 Å². The van der Waals surface area contributed by atoms with Crippen molar-refractivity contribution in [3.63, 3.8) is 0 Å². The highest BCUT2D eigenvalue weighted by molar-refractivity contribution is 4.88. The molecule has 5 heteroatoms. The summed E-state index contributed by atoms with van der Waals surface area (Å²) in [5.41, 5.74) is -0.303. The Balaban J connectivity index is 2.40. The van der Waals surface area contributed by atoms with E-state index in [1.807, 2.05) is 0 Å². The molecule has 0 aliphatic carbocycles. The number of aromatic amines is 2. The molecule has 1 aromatic heterocycles. The van der Waals surface area contributed by atoms with Crippen LogP contribution in [-0.4, -0.2) is 21.7 Å². The topological polar surface area (TPSA) is 73.6 Å². The van der Waals surface area contributed by atoms with Crippen LogP contribution in [0.1, 0.15) is 5.82 Å². The third-order valence-electron chi connectivity index (χ3n) is 1.07. The van der Waals surface area contributed by atoms with Gasteiger partial charge in [0.2, 0.25) is 0 Å². The van der Waals surface area contributed by atoms with Gasteiger partial charge in [0.25, 0.3) is 0 Å². The van der Waals surface area contributed by atoms with Gasteiger partial charge in [-0.3, -0.25) is 10.3 Å². The molecule has 0 amide bonds. The van der Waals surface area contributed by atoms with Crippen LogP contribution < -0.4 is 11.0 Å². The number of nitrogens with zero attached hydrogens (tertiary/aromatic N) is 1. The van der Waals surface area contributed by atoms with Gasteiger partial charge in [-0.05, 0) is 0 Å². The van der Waals surface area contributed by atoms with E-state index >= 15 is 0 Å². The van der Waals surface area contributed by atoms with Gasteiger partial charge >= 0.3 is 5.69 Å². The second-order valence-electron chi connectivity index (χ2n) is 1.93. The fraction of sp³-hybridized carbons (Fsp3) is 0.333. The van der Waals surface area contributed by atoms with Gasteiger partial charge in [0.15, 0.2) is 0 Å². The molecule has 1 rings (SSSR count). The summed E-state index contributed by atoms with van der Waals surface area (Å²) in [5.74, 6) is 2.96. The highest BCUT2D eigenvalue weighted by Gasteiger charge is 1.94. The monoisotopic (exact) mass is 152 g/mol. The summed E-state index contributed by atoms with van der Waals surface area (Å²) in [6, 6.07) is 0. The van der Waals surface area contributed by atoms with E-state index in [0.29, 0.717) is 18.9 Å². The minimum absolute atomic E-state index is 0.303. The fourth-order valence-electron chi connectivity index (χ4n) is 0.642. The van der Waals surface area contributed by atoms with Crippen molar-refractivity contribution in [3.05, 3.63) is 16.3 Å². The Morgan fingerprint density at radius 3 is 3.09 bits per heavy atom. The van der Waals surface area contributed by atoms with Crippen molar-refractivity contribution in [1.82, 2.24) is 20.5 Å². The van der Waals surface area contributed by atoms with Gasteiger partial charge < -0.3 is 0 Å². The molecule has 0 atom stereocenters. The van der Waals surface area contributed by atoms with Crippen molar-refractivity contribution in [2.45, 2.75) is 6.54 Å². The van der Waals surface area contributed by atoms with E-state index in [1.54, 1.807) is 0 Å². The van der Waals surface area contributed by atoms with E-state index in [9.17, 15) is 4.79 Å². The number of hydrogen-bond donors (Lipinski definition) is 3. The zero-order chi connectivity index (χ0) is 8.10. The van der Waals surface area contributed by atoms with E-state index in [4.69, 9.17) is 6.42 Å². The van der Waals surface area contributed by atoms with Gasteiger partial charge in [-0.15, -0.1) is 6.42 Å². The summed E-state index contributed by atoms with van der Waals surface area (Å²) < 4.78 is 0. The molecule has 0 unspecified atom stereocenters. The lowest BCUT2D eigenvalue weighted by molar-refractivity contribution is 0.727. The van der Waals surface area contributed by atoms with E-state index in [1.165, 1.54) is 0 Å². The number of H-pyrrole nitrogens is 2. The average Bonchev–Trinajstić information content (AvgIpc) is 2.37. The molecule has 1 aromatic rings. The Morgan fingerprint density at radius 1 is 1.73 bits per heavy atom. The summed E-state index contributed by atoms with van der Waals surface area (Å²) in [6.45, 7) is 0.942. The van der Waals surface area contributed by atoms with Crippen LogP contribution in [-0.2, 0) is 6.54 Å². The quantitative estimate of drug-likeness (QED) is 0.377. The lowest BCUT2D eigenvalue weighted by atomic mass is 10.5. The zero-order valence-corrected chi connectivity index (χ0v) is 5.85. The number of terminal acetylenes is 1. The molecule has 11 heavy (non-hydrogen) atoms. The summed E-state index contributed by atoms with van der Waals surface area (Å²) in [6.07, 6.45) is 4.99. The van der Waals surface area contributed by atoms with Crippen molar-refractivity contribution in [3.8, 4) is 12.3 Å². The fourth-order valence-corrected chi connectivity index (χ4v) is 0.642. The molecular weight excluding hydrogens is 144 g/mol. The van der Waals surface area contributed by atoms with Crippen LogP contribution in [0.15, 0.2) is 4.79 Å². The lowest BCUT2D eigenvalue weighted by Gasteiger charge is -1.92. The minimum atomic E-state index is -0.303. The molecule has 0 spiro atoms. The predicted octanol–water partition coefficient (Wildman–Crippen LogP) is -1.18. The van der Waals surface area contributed by atoms with Crippen LogP contribution in [0.5, 0.6) is 0 Å². The second kappa shape index (κ2) is 3.58. The Hall–Kier alpha value is -1.54. The van der Waals surface area contributed by atoms with Crippen molar-refractivity contribution < 1.29 is 0 Å². The first kappa shape index (κ1) is 7.57. The van der Waals surface area contributed by atoms with E-state index < -0.39 is 0 Å². The molecule has 1 heterocycles. The smallest absolute Gasteiger partial charge is 0.299 e. The van der Waals surface area contributed by atoms with Gasteiger partial charge in [0.05, 0.1) is 13.1 Å². The van der Waals surface area contributed by atoms with Gasteiger partial charge in [-0.1, -0.05) is 5.92 Å². The maximum absolute atomic E-state index is 10.5. The average molecular weight is 152 g/mol. The molecule has 0 radical (unpaired) electrons. The second-order valence-corrected chi connectivity index (χ2v) is 1.93. The van der Waals surface area contributed by atoms with E-state index in [2.05, 4.69) is 26.4 Å². The maximum Gasteiger partial charge on any atom is 0.340 e. The number of hydrogen-bond acceptors (Lipinski definition) is 3. The molecule has 0 saturated carbocycles. The largest absolute Gasteiger partial charge is 0.340 e. The summed E-state index contributed by atoms with van der Waals surface area (Å²) in [5, 5.41) is 8.78. The van der Waals surface area contributed by atoms with Gasteiger partial charge in [-0.25, -0.2) is 9.89 Å². The van der Waals surface area contributed by atoms with Crippen molar-refractivity contribution in [2.75, 3.05) is 6.54 Å². The van der Waals surface area contributed by atoms with Crippen LogP contribution in [0.4, 0.5) is 0 Å². The highest BCUT2D eigenvalue weighted by Crippen LogP contribution is 1.77. The molecule has 0 aromatic carbocycles. The Kier molecular flexibility index (Phi) is 2.47. The summed E-state index contributed by atoms with van der Waals surface area (Å²) in [4.78, 5) is 13.0. The van der Waals surface area contributed by atoms with Gasteiger partial charge in [0.1, 0.15) is 5.82 Å². The predicted molar refractivity (Wildman–Crippen MR) is 39.7 cm³/mol. The molecule has 0 saturated heterocycles. The van der Waals surface area contributed by atoms with Crippen LogP contribution in [0.2, 0.25) is 0 Å². The Bertz CT molecular complexity index is 305. The number of aromatic nitrogens is 3. The minimum Gasteiger partial charge on any atom is -0.299 e. The summed E-state index contributed by atoms with van der Waals surface area (Å²) in [7, 11) is 0. The zero-order valence-electron chi connectivity index (χ0n) is 5.85. The first-order valence-electron chi connectivity index (χ1n) is 3.10. The molecule has 0 aliphatic rings. The van der Waals surface area contributed by atoms with Gasteiger partial charge in [-0.2, -0.15) is 5.10 Å². The molecule has 5 nitrogen and oxygen atoms in total. The normalized spacial score (nSPS) is 9.36.